The summed E-state index contributed by atoms with van der Waals surface area (Å²) in [5.74, 6) is -3.15. The standard InChI is InChI=1S/C14H26O4.C5H13N3/c1-2-3-4-5-6-7-8-9-10-11-12(13(15)16)14(17)18;1-7(2)5(6)8(3)4/h12H,2-11H2,1H3,(H,15,16)(H,17,18);6H,1-4H3. The molecule has 26 heavy (non-hydrogen) atoms. The van der Waals surface area contributed by atoms with Gasteiger partial charge in [-0.15, -0.1) is 0 Å². The van der Waals surface area contributed by atoms with Crippen LogP contribution in [0.15, 0.2) is 0 Å². The molecule has 0 aliphatic heterocycles. The molecule has 0 aromatic heterocycles. The van der Waals surface area contributed by atoms with Crippen LogP contribution in [0.5, 0.6) is 0 Å². The maximum atomic E-state index is 10.6. The summed E-state index contributed by atoms with van der Waals surface area (Å²) >= 11 is 0. The van der Waals surface area contributed by atoms with Crippen LogP contribution in [0.1, 0.15) is 71.1 Å². The molecule has 0 fully saturated rings. The summed E-state index contributed by atoms with van der Waals surface area (Å²) in [7, 11) is 7.40. The normalized spacial score (nSPS) is 10.1. The molecule has 0 unspecified atom stereocenters. The van der Waals surface area contributed by atoms with Gasteiger partial charge in [0.1, 0.15) is 0 Å². The summed E-state index contributed by atoms with van der Waals surface area (Å²) in [5.41, 5.74) is 0. The molecular weight excluding hydrogens is 334 g/mol. The molecule has 7 nitrogen and oxygen atoms in total. The SMILES string of the molecule is CCCCCCCCCCCC(C(=O)O)C(=O)O.CN(C)C(=N)N(C)C. The number of carboxylic acid groups (broad SMARTS) is 2. The number of nitrogens with zero attached hydrogens (tertiary/aromatic N) is 2. The van der Waals surface area contributed by atoms with Crippen LogP contribution in [0.3, 0.4) is 0 Å². The van der Waals surface area contributed by atoms with Crippen LogP contribution in [0.2, 0.25) is 0 Å². The van der Waals surface area contributed by atoms with Gasteiger partial charge < -0.3 is 20.0 Å². The summed E-state index contributed by atoms with van der Waals surface area (Å²) in [6.07, 6.45) is 10.5. The fraction of sp³-hybridized carbons (Fsp3) is 0.842. The van der Waals surface area contributed by atoms with Crippen molar-refractivity contribution in [3.63, 3.8) is 0 Å². The van der Waals surface area contributed by atoms with Crippen molar-refractivity contribution in [3.05, 3.63) is 0 Å². The first-order valence-electron chi connectivity index (χ1n) is 9.53. The minimum absolute atomic E-state index is 0.250. The van der Waals surface area contributed by atoms with Gasteiger partial charge in [0.25, 0.3) is 0 Å². The Hall–Kier alpha value is -1.79. The lowest BCUT2D eigenvalue weighted by molar-refractivity contribution is -0.154. The third-order valence-corrected chi connectivity index (χ3v) is 4.04. The summed E-state index contributed by atoms with van der Waals surface area (Å²) < 4.78 is 0. The Morgan fingerprint density at radius 3 is 1.38 bits per heavy atom. The second-order valence-corrected chi connectivity index (χ2v) is 6.96. The zero-order valence-electron chi connectivity index (χ0n) is 17.3. The number of hydrogen-bond acceptors (Lipinski definition) is 3. The van der Waals surface area contributed by atoms with E-state index in [0.29, 0.717) is 12.4 Å². The maximum Gasteiger partial charge on any atom is 0.317 e. The van der Waals surface area contributed by atoms with Crippen molar-refractivity contribution in [3.8, 4) is 0 Å². The monoisotopic (exact) mass is 373 g/mol. The lowest BCUT2D eigenvalue weighted by Crippen LogP contribution is -2.34. The molecule has 0 radical (unpaired) electrons. The summed E-state index contributed by atoms with van der Waals surface area (Å²) in [6, 6.07) is 0. The predicted molar refractivity (Wildman–Crippen MR) is 106 cm³/mol. The molecule has 0 bridgehead atoms. The average molecular weight is 374 g/mol. The van der Waals surface area contributed by atoms with Crippen LogP contribution < -0.4 is 0 Å². The molecule has 0 spiro atoms. The van der Waals surface area contributed by atoms with Gasteiger partial charge in [0.2, 0.25) is 0 Å². The second-order valence-electron chi connectivity index (χ2n) is 6.96. The van der Waals surface area contributed by atoms with Crippen molar-refractivity contribution >= 4 is 17.9 Å². The number of carbonyl (C=O) groups is 2. The fourth-order valence-electron chi connectivity index (χ4n) is 2.41. The Labute approximate surface area is 158 Å². The molecule has 0 amide bonds. The highest BCUT2D eigenvalue weighted by Crippen LogP contribution is 2.14. The highest BCUT2D eigenvalue weighted by molar-refractivity contribution is 5.92. The van der Waals surface area contributed by atoms with E-state index in [2.05, 4.69) is 6.92 Å². The van der Waals surface area contributed by atoms with Gasteiger partial charge in [0, 0.05) is 28.2 Å². The lowest BCUT2D eigenvalue weighted by Gasteiger charge is -2.19. The molecule has 0 aliphatic rings. The number of aliphatic carboxylic acids is 2. The Kier molecular flexibility index (Phi) is 16.9. The third kappa shape index (κ3) is 15.7. The molecule has 0 saturated carbocycles. The van der Waals surface area contributed by atoms with Gasteiger partial charge in [-0.3, -0.25) is 15.0 Å². The number of unbranched alkanes of at least 4 members (excludes halogenated alkanes) is 8. The molecule has 0 aliphatic carbocycles. The van der Waals surface area contributed by atoms with Crippen molar-refractivity contribution in [2.75, 3.05) is 28.2 Å². The number of carboxylic acids is 2. The molecule has 0 heterocycles. The van der Waals surface area contributed by atoms with E-state index in [4.69, 9.17) is 15.6 Å². The Bertz CT molecular complexity index is 374. The zero-order chi connectivity index (χ0) is 20.5. The molecule has 0 aromatic carbocycles. The van der Waals surface area contributed by atoms with E-state index in [9.17, 15) is 9.59 Å². The molecule has 3 N–H and O–H groups in total. The van der Waals surface area contributed by atoms with Crippen molar-refractivity contribution in [2.45, 2.75) is 71.1 Å². The zero-order valence-corrected chi connectivity index (χ0v) is 17.3. The van der Waals surface area contributed by atoms with Gasteiger partial charge in [-0.05, 0) is 6.42 Å². The molecule has 154 valence electrons. The van der Waals surface area contributed by atoms with E-state index in [1.807, 2.05) is 28.2 Å². The van der Waals surface area contributed by atoms with E-state index in [1.165, 1.54) is 38.5 Å². The number of guanidine groups is 1. The van der Waals surface area contributed by atoms with Gasteiger partial charge in [-0.2, -0.15) is 0 Å². The first kappa shape index (κ1) is 26.4. The Balaban J connectivity index is 0. The molecule has 0 atom stereocenters. The molecular formula is C19H39N3O4. The second kappa shape index (κ2) is 16.7. The summed E-state index contributed by atoms with van der Waals surface area (Å²) in [6.45, 7) is 2.20. The lowest BCUT2D eigenvalue weighted by atomic mass is 10.00. The van der Waals surface area contributed by atoms with Gasteiger partial charge >= 0.3 is 11.9 Å². The van der Waals surface area contributed by atoms with Crippen molar-refractivity contribution < 1.29 is 19.8 Å². The van der Waals surface area contributed by atoms with E-state index in [-0.39, 0.29) is 6.42 Å². The molecule has 0 aromatic rings. The number of hydrogen-bond donors (Lipinski definition) is 3. The minimum atomic E-state index is -1.23. The van der Waals surface area contributed by atoms with E-state index in [1.54, 1.807) is 9.80 Å². The molecule has 7 heteroatoms. The van der Waals surface area contributed by atoms with Gasteiger partial charge in [-0.25, -0.2) is 0 Å². The first-order chi connectivity index (χ1) is 12.1. The number of nitrogens with one attached hydrogen (secondary N) is 1. The maximum absolute atomic E-state index is 10.6. The third-order valence-electron chi connectivity index (χ3n) is 4.04. The van der Waals surface area contributed by atoms with Crippen LogP contribution in [0.4, 0.5) is 0 Å². The number of rotatable bonds is 12. The average Bonchev–Trinajstić information content (AvgIpc) is 2.55. The van der Waals surface area contributed by atoms with E-state index >= 15 is 0 Å². The largest absolute Gasteiger partial charge is 0.481 e. The van der Waals surface area contributed by atoms with E-state index in [0.717, 1.165) is 12.8 Å². The van der Waals surface area contributed by atoms with Crippen LogP contribution >= 0.6 is 0 Å². The minimum Gasteiger partial charge on any atom is -0.481 e. The highest BCUT2D eigenvalue weighted by atomic mass is 16.4. The Morgan fingerprint density at radius 1 is 0.769 bits per heavy atom. The molecule has 0 saturated heterocycles. The fourth-order valence-corrected chi connectivity index (χ4v) is 2.41. The Morgan fingerprint density at radius 2 is 1.12 bits per heavy atom. The summed E-state index contributed by atoms with van der Waals surface area (Å²) in [4.78, 5) is 24.8. The van der Waals surface area contributed by atoms with Crippen LogP contribution in [0, 0.1) is 11.3 Å². The highest BCUT2D eigenvalue weighted by Gasteiger charge is 2.24. The van der Waals surface area contributed by atoms with Gasteiger partial charge in [0.15, 0.2) is 11.9 Å². The van der Waals surface area contributed by atoms with Crippen molar-refractivity contribution in [2.24, 2.45) is 5.92 Å². The van der Waals surface area contributed by atoms with Crippen LogP contribution in [0.25, 0.3) is 0 Å². The smallest absolute Gasteiger partial charge is 0.317 e. The predicted octanol–water partition coefficient (Wildman–Crippen LogP) is 3.74. The quantitative estimate of drug-likeness (QED) is 0.208. The molecule has 0 rings (SSSR count). The van der Waals surface area contributed by atoms with Crippen LogP contribution in [-0.2, 0) is 9.59 Å². The topological polar surface area (TPSA) is 105 Å². The van der Waals surface area contributed by atoms with Crippen molar-refractivity contribution in [1.29, 1.82) is 5.41 Å². The summed E-state index contributed by atoms with van der Waals surface area (Å²) in [5, 5.41) is 24.6. The first-order valence-corrected chi connectivity index (χ1v) is 9.53. The van der Waals surface area contributed by atoms with Crippen LogP contribution in [-0.4, -0.2) is 66.1 Å². The van der Waals surface area contributed by atoms with E-state index < -0.39 is 17.9 Å². The van der Waals surface area contributed by atoms with Gasteiger partial charge in [0.05, 0.1) is 0 Å². The van der Waals surface area contributed by atoms with Gasteiger partial charge in [-0.1, -0.05) is 64.7 Å². The van der Waals surface area contributed by atoms with Crippen molar-refractivity contribution in [1.82, 2.24) is 9.80 Å².